The van der Waals surface area contributed by atoms with Crippen molar-refractivity contribution >= 4 is 5.78 Å². The van der Waals surface area contributed by atoms with Gasteiger partial charge in [-0.25, -0.2) is 0 Å². The first-order chi connectivity index (χ1) is 22.0. The molecule has 2 rings (SSSR count). The Morgan fingerprint density at radius 3 is 1.57 bits per heavy atom. The molecule has 0 amide bonds. The Morgan fingerprint density at radius 1 is 0.696 bits per heavy atom. The van der Waals surface area contributed by atoms with Crippen LogP contribution in [0.15, 0.2) is 25.3 Å². The van der Waals surface area contributed by atoms with Crippen molar-refractivity contribution in [3.63, 3.8) is 0 Å². The number of ketones is 1. The van der Waals surface area contributed by atoms with E-state index in [1.165, 1.54) is 69.9 Å². The standard InChI is InChI=1S/C20H30O3.C20H28O3/c2*1-5-7-8-9-12-15-18-19(23-20(3,4)22-18)16-13-10-11-14-17(21)6-2/h6,17-19,21H,2,5,7-9,12,15-16H2,1,3-4H3;6,18-19H,2,5,7-9,12,15-16H2,1,3-4H3/t17-,18-,19-;18-,19-/m11/s1. The third-order valence-electron chi connectivity index (χ3n) is 7.48. The topological polar surface area (TPSA) is 74.2 Å². The molecule has 0 aromatic heterocycles. The number of aliphatic hydroxyl groups is 1. The Kier molecular flexibility index (Phi) is 21.1. The quantitative estimate of drug-likeness (QED) is 0.0613. The van der Waals surface area contributed by atoms with Gasteiger partial charge >= 0.3 is 0 Å². The van der Waals surface area contributed by atoms with Gasteiger partial charge in [0.25, 0.3) is 0 Å². The van der Waals surface area contributed by atoms with Crippen molar-refractivity contribution in [1.82, 2.24) is 0 Å². The molecule has 2 saturated heterocycles. The van der Waals surface area contributed by atoms with E-state index < -0.39 is 17.7 Å². The monoisotopic (exact) mass is 634 g/mol. The van der Waals surface area contributed by atoms with Crippen LogP contribution in [0.25, 0.3) is 0 Å². The van der Waals surface area contributed by atoms with E-state index in [0.29, 0.717) is 12.8 Å². The predicted octanol–water partition coefficient (Wildman–Crippen LogP) is 7.83. The van der Waals surface area contributed by atoms with E-state index in [4.69, 9.17) is 18.9 Å². The van der Waals surface area contributed by atoms with E-state index in [9.17, 15) is 9.90 Å². The second-order valence-electron chi connectivity index (χ2n) is 12.6. The van der Waals surface area contributed by atoms with E-state index in [1.54, 1.807) is 0 Å². The van der Waals surface area contributed by atoms with Crippen LogP contribution < -0.4 is 0 Å². The summed E-state index contributed by atoms with van der Waals surface area (Å²) >= 11 is 0. The van der Waals surface area contributed by atoms with Crippen molar-refractivity contribution in [3.8, 4) is 47.4 Å². The van der Waals surface area contributed by atoms with Crippen molar-refractivity contribution in [2.24, 2.45) is 0 Å². The average molecular weight is 635 g/mol. The smallest absolute Gasteiger partial charge is 0.229 e. The highest BCUT2D eigenvalue weighted by Crippen LogP contribution is 2.33. The molecule has 2 fully saturated rings. The van der Waals surface area contributed by atoms with Gasteiger partial charge in [0.15, 0.2) is 11.6 Å². The molecule has 0 spiro atoms. The summed E-state index contributed by atoms with van der Waals surface area (Å²) in [5, 5.41) is 9.23. The van der Waals surface area contributed by atoms with Crippen LogP contribution in [0.5, 0.6) is 0 Å². The van der Waals surface area contributed by atoms with Crippen LogP contribution in [-0.2, 0) is 23.7 Å². The van der Waals surface area contributed by atoms with E-state index in [-0.39, 0.29) is 30.2 Å². The lowest BCUT2D eigenvalue weighted by Gasteiger charge is -2.16. The zero-order valence-electron chi connectivity index (χ0n) is 29.3. The molecule has 2 heterocycles. The zero-order chi connectivity index (χ0) is 34.3. The Morgan fingerprint density at radius 2 is 1.13 bits per heavy atom. The van der Waals surface area contributed by atoms with Gasteiger partial charge in [-0.3, -0.25) is 4.79 Å². The molecule has 0 aromatic rings. The van der Waals surface area contributed by atoms with Gasteiger partial charge in [0.05, 0.1) is 24.4 Å². The van der Waals surface area contributed by atoms with Gasteiger partial charge in [-0.2, -0.15) is 0 Å². The molecule has 0 aliphatic carbocycles. The molecule has 2 aliphatic heterocycles. The molecular formula is C40H58O6. The number of carbonyl (C=O) groups is 1. The second-order valence-corrected chi connectivity index (χ2v) is 12.6. The van der Waals surface area contributed by atoms with Crippen molar-refractivity contribution in [2.75, 3.05) is 0 Å². The largest absolute Gasteiger partial charge is 0.377 e. The van der Waals surface area contributed by atoms with Gasteiger partial charge in [-0.05, 0) is 76.2 Å². The number of carbonyl (C=O) groups excluding carboxylic acids is 1. The minimum Gasteiger partial charge on any atom is -0.377 e. The summed E-state index contributed by atoms with van der Waals surface area (Å²) in [6, 6.07) is 0. The van der Waals surface area contributed by atoms with Crippen LogP contribution in [0, 0.1) is 47.4 Å². The van der Waals surface area contributed by atoms with E-state index in [1.807, 2.05) is 27.7 Å². The molecule has 1 N–H and O–H groups in total. The fourth-order valence-electron chi connectivity index (χ4n) is 5.26. The van der Waals surface area contributed by atoms with Crippen molar-refractivity contribution in [3.05, 3.63) is 25.3 Å². The maximum absolute atomic E-state index is 11.0. The Balaban J connectivity index is 0.000000460. The highest BCUT2D eigenvalue weighted by Gasteiger charge is 2.41. The lowest BCUT2D eigenvalue weighted by atomic mass is 10.0. The van der Waals surface area contributed by atoms with Crippen molar-refractivity contribution < 1.29 is 28.8 Å². The van der Waals surface area contributed by atoms with Crippen LogP contribution >= 0.6 is 0 Å². The summed E-state index contributed by atoms with van der Waals surface area (Å²) in [6.45, 7) is 19.0. The lowest BCUT2D eigenvalue weighted by Crippen LogP contribution is -2.21. The van der Waals surface area contributed by atoms with Crippen LogP contribution in [0.1, 0.15) is 131 Å². The molecule has 254 valence electrons. The van der Waals surface area contributed by atoms with Crippen molar-refractivity contribution in [1.29, 1.82) is 0 Å². The molecule has 2 aliphatic rings. The molecule has 0 saturated carbocycles. The fourth-order valence-corrected chi connectivity index (χ4v) is 5.26. The molecule has 6 nitrogen and oxygen atoms in total. The number of ether oxygens (including phenoxy) is 4. The van der Waals surface area contributed by atoms with Gasteiger partial charge in [-0.1, -0.05) is 115 Å². The maximum Gasteiger partial charge on any atom is 0.229 e. The molecule has 46 heavy (non-hydrogen) atoms. The summed E-state index contributed by atoms with van der Waals surface area (Å²) < 4.78 is 23.9. The summed E-state index contributed by atoms with van der Waals surface area (Å²) in [4.78, 5) is 11.0. The maximum atomic E-state index is 11.0. The molecule has 6 heteroatoms. The van der Waals surface area contributed by atoms with Crippen LogP contribution in [0.4, 0.5) is 0 Å². The predicted molar refractivity (Wildman–Crippen MR) is 186 cm³/mol. The molecule has 0 aromatic carbocycles. The normalized spacial score (nSPS) is 22.5. The average Bonchev–Trinajstić information content (AvgIpc) is 3.48. The first-order valence-corrected chi connectivity index (χ1v) is 17.1. The van der Waals surface area contributed by atoms with Gasteiger partial charge in [0.2, 0.25) is 5.78 Å². The van der Waals surface area contributed by atoms with Crippen LogP contribution in [-0.4, -0.2) is 53.0 Å². The highest BCUT2D eigenvalue weighted by atomic mass is 16.8. The summed E-state index contributed by atoms with van der Waals surface area (Å²) in [5.41, 5.74) is 0. The minimum absolute atomic E-state index is 0.00481. The number of allylic oxidation sites excluding steroid dienone is 1. The fraction of sp³-hybridized carbons (Fsp3) is 0.675. The molecule has 0 unspecified atom stereocenters. The van der Waals surface area contributed by atoms with Crippen LogP contribution in [0.3, 0.4) is 0 Å². The third-order valence-corrected chi connectivity index (χ3v) is 7.48. The number of hydrogen-bond acceptors (Lipinski definition) is 6. The first kappa shape index (κ1) is 41.2. The summed E-state index contributed by atoms with van der Waals surface area (Å²) in [5.74, 6) is 20.2. The van der Waals surface area contributed by atoms with Gasteiger partial charge in [-0.15, -0.1) is 0 Å². The second kappa shape index (κ2) is 23.5. The van der Waals surface area contributed by atoms with E-state index in [2.05, 4.69) is 74.4 Å². The van der Waals surface area contributed by atoms with Gasteiger partial charge < -0.3 is 24.1 Å². The number of hydrogen-bond donors (Lipinski definition) is 1. The SMILES string of the molecule is C=CC(=O)C#CC#CC[C@H]1OC(C)(C)O[C@@H]1CCCCCCC.C=C[C@@H](O)C#CC#CC[C@H]1OC(C)(C)O[C@@H]1CCCCCCC. The highest BCUT2D eigenvalue weighted by molar-refractivity contribution is 6.04. The molecule has 5 atom stereocenters. The van der Waals surface area contributed by atoms with Gasteiger partial charge in [0, 0.05) is 12.8 Å². The summed E-state index contributed by atoms with van der Waals surface area (Å²) in [6.07, 6.45) is 17.6. The summed E-state index contributed by atoms with van der Waals surface area (Å²) in [7, 11) is 0. The van der Waals surface area contributed by atoms with Crippen molar-refractivity contribution in [2.45, 2.75) is 174 Å². The lowest BCUT2D eigenvalue weighted by molar-refractivity contribution is -0.146. The molecular weight excluding hydrogens is 576 g/mol. The van der Waals surface area contributed by atoms with Gasteiger partial charge in [0.1, 0.15) is 6.10 Å². The Bertz CT molecular complexity index is 1170. The van der Waals surface area contributed by atoms with Crippen LogP contribution in [0.2, 0.25) is 0 Å². The Hall–Kier alpha value is -2.81. The van der Waals surface area contributed by atoms with E-state index in [0.717, 1.165) is 19.3 Å². The molecule has 0 bridgehead atoms. The first-order valence-electron chi connectivity index (χ1n) is 17.1. The number of aliphatic hydroxyl groups excluding tert-OH is 1. The Labute approximate surface area is 280 Å². The number of unbranched alkanes of at least 4 members (excludes halogenated alkanes) is 8. The molecule has 0 radical (unpaired) electrons. The number of rotatable bonds is 16. The minimum atomic E-state index is -0.815. The zero-order valence-corrected chi connectivity index (χ0v) is 29.3. The van der Waals surface area contributed by atoms with E-state index >= 15 is 0 Å². The third kappa shape index (κ3) is 19.0.